The van der Waals surface area contributed by atoms with Gasteiger partial charge in [0.15, 0.2) is 11.5 Å². The Morgan fingerprint density at radius 2 is 2.04 bits per heavy atom. The Labute approximate surface area is 154 Å². The fraction of sp³-hybridized carbons (Fsp3) is 0.389. The van der Waals surface area contributed by atoms with Crippen LogP contribution in [0.4, 0.5) is 8.78 Å². The molecule has 0 unspecified atom stereocenters. The number of hydrogen-bond donors (Lipinski definition) is 1. The van der Waals surface area contributed by atoms with E-state index < -0.39 is 12.5 Å². The summed E-state index contributed by atoms with van der Waals surface area (Å²) in [5.74, 6) is 0.616. The van der Waals surface area contributed by atoms with Crippen molar-refractivity contribution < 1.29 is 27.8 Å². The van der Waals surface area contributed by atoms with Crippen molar-refractivity contribution in [2.24, 2.45) is 0 Å². The molecule has 1 aromatic carbocycles. The molecule has 0 atom stereocenters. The fourth-order valence-electron chi connectivity index (χ4n) is 2.18. The van der Waals surface area contributed by atoms with E-state index in [4.69, 9.17) is 9.47 Å². The first-order valence-electron chi connectivity index (χ1n) is 8.15. The van der Waals surface area contributed by atoms with E-state index in [9.17, 15) is 13.6 Å². The lowest BCUT2D eigenvalue weighted by Crippen LogP contribution is -2.22. The predicted octanol–water partition coefficient (Wildman–Crippen LogP) is 4.47. The van der Waals surface area contributed by atoms with Gasteiger partial charge in [-0.05, 0) is 35.6 Å². The second-order valence-electron chi connectivity index (χ2n) is 5.36. The van der Waals surface area contributed by atoms with E-state index in [1.807, 2.05) is 6.07 Å². The molecule has 142 valence electrons. The summed E-state index contributed by atoms with van der Waals surface area (Å²) < 4.78 is 40.0. The van der Waals surface area contributed by atoms with Gasteiger partial charge in [0, 0.05) is 6.54 Å². The van der Waals surface area contributed by atoms with Crippen molar-refractivity contribution >= 4 is 17.2 Å². The minimum Gasteiger partial charge on any atom is -0.493 e. The molecule has 5 nitrogen and oxygen atoms in total. The van der Waals surface area contributed by atoms with E-state index >= 15 is 0 Å². The molecule has 0 aliphatic rings. The predicted molar refractivity (Wildman–Crippen MR) is 95.5 cm³/mol. The maximum absolute atomic E-state index is 12.3. The number of halogens is 2. The highest BCUT2D eigenvalue weighted by Gasteiger charge is 2.17. The lowest BCUT2D eigenvalue weighted by molar-refractivity contribution is -0.0498. The second kappa shape index (κ2) is 9.96. The smallest absolute Gasteiger partial charge is 0.387 e. The summed E-state index contributed by atoms with van der Waals surface area (Å²) >= 11 is 1.04. The van der Waals surface area contributed by atoms with E-state index in [1.165, 1.54) is 11.4 Å². The van der Waals surface area contributed by atoms with Gasteiger partial charge < -0.3 is 19.5 Å². The van der Waals surface area contributed by atoms with Crippen LogP contribution in [0.2, 0.25) is 0 Å². The first kappa shape index (κ1) is 20.0. The standard InChI is InChI=1S/C18H21F2NO4S/c1-3-4-8-24-13-6-5-12(10-15(13)23-2)11-21-17(22)16-14(7-9-26-16)25-18(19)20/h5-7,9-10,18H,3-4,8,11H2,1-2H3,(H,21,22). The molecular formula is C18H21F2NO4S. The van der Waals surface area contributed by atoms with Crippen LogP contribution < -0.4 is 19.5 Å². The van der Waals surface area contributed by atoms with E-state index in [-0.39, 0.29) is 17.2 Å². The molecular weight excluding hydrogens is 364 g/mol. The third kappa shape index (κ3) is 5.59. The second-order valence-corrected chi connectivity index (χ2v) is 6.28. The Balaban J connectivity index is 1.98. The highest BCUT2D eigenvalue weighted by molar-refractivity contribution is 7.12. The molecule has 1 N–H and O–H groups in total. The Hall–Kier alpha value is -2.35. The number of nitrogens with one attached hydrogen (secondary N) is 1. The highest BCUT2D eigenvalue weighted by atomic mass is 32.1. The van der Waals surface area contributed by atoms with Crippen LogP contribution in [0.1, 0.15) is 35.0 Å². The van der Waals surface area contributed by atoms with Crippen molar-refractivity contribution in [1.82, 2.24) is 5.32 Å². The number of rotatable bonds is 10. The quantitative estimate of drug-likeness (QED) is 0.613. The van der Waals surface area contributed by atoms with E-state index in [2.05, 4.69) is 17.0 Å². The van der Waals surface area contributed by atoms with E-state index in [0.717, 1.165) is 29.7 Å². The summed E-state index contributed by atoms with van der Waals surface area (Å²) in [5.41, 5.74) is 0.797. The average molecular weight is 385 g/mol. The van der Waals surface area contributed by atoms with Gasteiger partial charge in [-0.15, -0.1) is 11.3 Å². The first-order valence-corrected chi connectivity index (χ1v) is 9.03. The molecule has 0 saturated heterocycles. The van der Waals surface area contributed by atoms with Crippen LogP contribution in [0.5, 0.6) is 17.2 Å². The number of ether oxygens (including phenoxy) is 3. The van der Waals surface area contributed by atoms with Gasteiger partial charge in [-0.1, -0.05) is 19.4 Å². The van der Waals surface area contributed by atoms with Crippen molar-refractivity contribution in [2.45, 2.75) is 32.9 Å². The van der Waals surface area contributed by atoms with Crippen molar-refractivity contribution in [3.63, 3.8) is 0 Å². The maximum atomic E-state index is 12.3. The monoisotopic (exact) mass is 385 g/mol. The summed E-state index contributed by atoms with van der Waals surface area (Å²) in [6.07, 6.45) is 1.98. The number of amides is 1. The van der Waals surface area contributed by atoms with Gasteiger partial charge in [0.2, 0.25) is 0 Å². The number of methoxy groups -OCH3 is 1. The molecule has 26 heavy (non-hydrogen) atoms. The van der Waals surface area contributed by atoms with Crippen LogP contribution in [0, 0.1) is 0 Å². The van der Waals surface area contributed by atoms with Crippen LogP contribution in [-0.2, 0) is 6.54 Å². The van der Waals surface area contributed by atoms with E-state index in [1.54, 1.807) is 19.2 Å². The lowest BCUT2D eigenvalue weighted by Gasteiger charge is -2.12. The Bertz CT molecular complexity index is 721. The number of alkyl halides is 2. The van der Waals surface area contributed by atoms with Gasteiger partial charge in [-0.3, -0.25) is 4.79 Å². The van der Waals surface area contributed by atoms with Gasteiger partial charge in [-0.25, -0.2) is 0 Å². The van der Waals surface area contributed by atoms with Crippen LogP contribution in [0.25, 0.3) is 0 Å². The topological polar surface area (TPSA) is 56.8 Å². The Morgan fingerprint density at radius 3 is 2.73 bits per heavy atom. The highest BCUT2D eigenvalue weighted by Crippen LogP contribution is 2.29. The molecule has 8 heteroatoms. The molecule has 2 aromatic rings. The van der Waals surface area contributed by atoms with Crippen molar-refractivity contribution in [3.05, 3.63) is 40.1 Å². The molecule has 1 aromatic heterocycles. The largest absolute Gasteiger partial charge is 0.493 e. The molecule has 0 aliphatic heterocycles. The van der Waals surface area contributed by atoms with Crippen LogP contribution >= 0.6 is 11.3 Å². The third-order valence-electron chi connectivity index (χ3n) is 3.49. The lowest BCUT2D eigenvalue weighted by atomic mass is 10.2. The molecule has 0 radical (unpaired) electrons. The molecule has 1 amide bonds. The zero-order chi connectivity index (χ0) is 18.9. The average Bonchev–Trinajstić information content (AvgIpc) is 3.08. The molecule has 1 heterocycles. The summed E-state index contributed by atoms with van der Waals surface area (Å²) in [4.78, 5) is 12.3. The number of carbonyl (C=O) groups excluding carboxylic acids is 1. The molecule has 0 spiro atoms. The summed E-state index contributed by atoms with van der Waals surface area (Å²) in [6.45, 7) is -0.0664. The van der Waals surface area contributed by atoms with Crippen molar-refractivity contribution in [1.29, 1.82) is 0 Å². The van der Waals surface area contributed by atoms with E-state index in [0.29, 0.717) is 18.1 Å². The molecule has 0 bridgehead atoms. The van der Waals surface area contributed by atoms with Gasteiger partial charge in [-0.2, -0.15) is 8.78 Å². The summed E-state index contributed by atoms with van der Waals surface area (Å²) in [6, 6.07) is 6.71. The molecule has 2 rings (SSSR count). The van der Waals surface area contributed by atoms with Crippen LogP contribution in [0.3, 0.4) is 0 Å². The molecule has 0 aliphatic carbocycles. The summed E-state index contributed by atoms with van der Waals surface area (Å²) in [5, 5.41) is 4.21. The third-order valence-corrected chi connectivity index (χ3v) is 4.38. The van der Waals surface area contributed by atoms with Crippen molar-refractivity contribution in [3.8, 4) is 17.2 Å². The minimum atomic E-state index is -2.97. The molecule has 0 fully saturated rings. The summed E-state index contributed by atoms with van der Waals surface area (Å²) in [7, 11) is 1.55. The number of hydrogen-bond acceptors (Lipinski definition) is 5. The number of thiophene rings is 1. The normalized spacial score (nSPS) is 10.7. The number of unbranched alkanes of at least 4 members (excludes halogenated alkanes) is 1. The Morgan fingerprint density at radius 1 is 1.23 bits per heavy atom. The van der Waals surface area contributed by atoms with Gasteiger partial charge >= 0.3 is 6.61 Å². The SMILES string of the molecule is CCCCOc1ccc(CNC(=O)c2sccc2OC(F)F)cc1OC. The maximum Gasteiger partial charge on any atom is 0.387 e. The zero-order valence-electron chi connectivity index (χ0n) is 14.6. The Kier molecular flexibility index (Phi) is 7.65. The number of benzene rings is 1. The van der Waals surface area contributed by atoms with Crippen molar-refractivity contribution in [2.75, 3.05) is 13.7 Å². The van der Waals surface area contributed by atoms with Gasteiger partial charge in [0.25, 0.3) is 5.91 Å². The van der Waals surface area contributed by atoms with Gasteiger partial charge in [0.05, 0.1) is 13.7 Å². The van der Waals surface area contributed by atoms with Crippen LogP contribution in [-0.4, -0.2) is 26.2 Å². The fourth-order valence-corrected chi connectivity index (χ4v) is 2.92. The number of carbonyl (C=O) groups is 1. The first-order chi connectivity index (χ1) is 12.5. The minimum absolute atomic E-state index is 0.108. The van der Waals surface area contributed by atoms with Crippen LogP contribution in [0.15, 0.2) is 29.6 Å². The molecule has 0 saturated carbocycles. The van der Waals surface area contributed by atoms with Gasteiger partial charge in [0.1, 0.15) is 10.6 Å². The zero-order valence-corrected chi connectivity index (χ0v) is 15.4.